The SMILES string of the molecule is CC(C)=C[C@H]1[C@@H](C(=O)Nc2ccc(N3CCCC3)cn2)C1(C)C. The van der Waals surface area contributed by atoms with Gasteiger partial charge in [-0.25, -0.2) is 4.98 Å². The zero-order chi connectivity index (χ0) is 16.6. The van der Waals surface area contributed by atoms with Gasteiger partial charge in [0.05, 0.1) is 17.8 Å². The molecule has 1 saturated heterocycles. The molecule has 23 heavy (non-hydrogen) atoms. The number of rotatable bonds is 4. The number of nitrogens with one attached hydrogen (secondary N) is 1. The van der Waals surface area contributed by atoms with Crippen LogP contribution < -0.4 is 10.2 Å². The number of amides is 1. The number of pyridine rings is 1. The first-order valence-electron chi connectivity index (χ1n) is 8.56. The standard InChI is InChI=1S/C19H27N3O/c1-13(2)11-15-17(19(15,3)4)18(23)21-16-8-7-14(12-20-16)22-9-5-6-10-22/h7-8,11-12,15,17H,5-6,9-10H2,1-4H3,(H,20,21,23)/t15-,17-/m0/s1. The number of hydrogen-bond donors (Lipinski definition) is 1. The number of carbonyl (C=O) groups excluding carboxylic acids is 1. The molecule has 1 aromatic heterocycles. The van der Waals surface area contributed by atoms with Crippen molar-refractivity contribution >= 4 is 17.4 Å². The van der Waals surface area contributed by atoms with Gasteiger partial charge in [0.1, 0.15) is 5.82 Å². The quantitative estimate of drug-likeness (QED) is 0.859. The number of carbonyl (C=O) groups is 1. The lowest BCUT2D eigenvalue weighted by molar-refractivity contribution is -0.118. The highest BCUT2D eigenvalue weighted by molar-refractivity contribution is 5.95. The number of nitrogens with zero attached hydrogens (tertiary/aromatic N) is 2. The molecule has 1 amide bonds. The average Bonchev–Trinajstić information content (AvgIpc) is 2.88. The predicted molar refractivity (Wildman–Crippen MR) is 94.5 cm³/mol. The predicted octanol–water partition coefficient (Wildman–Crippen LogP) is 3.86. The molecule has 1 aromatic rings. The summed E-state index contributed by atoms with van der Waals surface area (Å²) in [6.45, 7) is 10.7. The Hall–Kier alpha value is -1.84. The first-order chi connectivity index (χ1) is 10.9. The summed E-state index contributed by atoms with van der Waals surface area (Å²) in [6.07, 6.45) is 6.59. The second kappa shape index (κ2) is 5.99. The average molecular weight is 313 g/mol. The van der Waals surface area contributed by atoms with Crippen molar-refractivity contribution in [3.63, 3.8) is 0 Å². The zero-order valence-electron chi connectivity index (χ0n) is 14.6. The molecule has 1 N–H and O–H groups in total. The largest absolute Gasteiger partial charge is 0.370 e. The first kappa shape index (κ1) is 16.0. The summed E-state index contributed by atoms with van der Waals surface area (Å²) in [6, 6.07) is 3.97. The van der Waals surface area contributed by atoms with E-state index in [1.165, 1.54) is 18.4 Å². The molecule has 0 aromatic carbocycles. The van der Waals surface area contributed by atoms with E-state index in [4.69, 9.17) is 0 Å². The van der Waals surface area contributed by atoms with Gasteiger partial charge in [0.15, 0.2) is 0 Å². The fourth-order valence-corrected chi connectivity index (χ4v) is 3.68. The van der Waals surface area contributed by atoms with Crippen LogP contribution in [-0.4, -0.2) is 24.0 Å². The maximum Gasteiger partial charge on any atom is 0.229 e. The molecule has 124 valence electrons. The van der Waals surface area contributed by atoms with Gasteiger partial charge < -0.3 is 10.2 Å². The van der Waals surface area contributed by atoms with E-state index < -0.39 is 0 Å². The molecule has 4 heteroatoms. The maximum atomic E-state index is 12.5. The molecule has 0 bridgehead atoms. The second-order valence-electron chi connectivity index (χ2n) is 7.65. The van der Waals surface area contributed by atoms with Crippen molar-refractivity contribution in [1.29, 1.82) is 0 Å². The molecule has 2 aliphatic rings. The third-order valence-electron chi connectivity index (χ3n) is 5.18. The Morgan fingerprint density at radius 3 is 2.57 bits per heavy atom. The van der Waals surface area contributed by atoms with Crippen LogP contribution in [0.4, 0.5) is 11.5 Å². The van der Waals surface area contributed by atoms with Crippen molar-refractivity contribution in [3.8, 4) is 0 Å². The van der Waals surface area contributed by atoms with Crippen molar-refractivity contribution in [2.45, 2.75) is 40.5 Å². The lowest BCUT2D eigenvalue weighted by Gasteiger charge is -2.17. The van der Waals surface area contributed by atoms with Gasteiger partial charge in [-0.3, -0.25) is 4.79 Å². The van der Waals surface area contributed by atoms with Crippen LogP contribution in [-0.2, 0) is 4.79 Å². The molecule has 2 atom stereocenters. The molecule has 0 radical (unpaired) electrons. The molecule has 4 nitrogen and oxygen atoms in total. The first-order valence-corrected chi connectivity index (χ1v) is 8.56. The van der Waals surface area contributed by atoms with Gasteiger partial charge in [-0.15, -0.1) is 0 Å². The number of hydrogen-bond acceptors (Lipinski definition) is 3. The van der Waals surface area contributed by atoms with Gasteiger partial charge >= 0.3 is 0 Å². The van der Waals surface area contributed by atoms with E-state index in [1.54, 1.807) is 0 Å². The molecular weight excluding hydrogens is 286 g/mol. The van der Waals surface area contributed by atoms with Crippen molar-refractivity contribution in [3.05, 3.63) is 30.0 Å². The highest BCUT2D eigenvalue weighted by Crippen LogP contribution is 2.59. The van der Waals surface area contributed by atoms with Gasteiger partial charge in [-0.2, -0.15) is 0 Å². The van der Waals surface area contributed by atoms with Crippen LogP contribution in [0.1, 0.15) is 40.5 Å². The monoisotopic (exact) mass is 313 g/mol. The Kier molecular flexibility index (Phi) is 4.17. The Balaban J connectivity index is 1.63. The van der Waals surface area contributed by atoms with Crippen LogP contribution in [0, 0.1) is 17.3 Å². The molecule has 1 saturated carbocycles. The van der Waals surface area contributed by atoms with Crippen molar-refractivity contribution < 1.29 is 4.79 Å². The van der Waals surface area contributed by atoms with Gasteiger partial charge in [0.2, 0.25) is 5.91 Å². The van der Waals surface area contributed by atoms with Crippen LogP contribution in [0.25, 0.3) is 0 Å². The minimum absolute atomic E-state index is 0.0385. The highest BCUT2D eigenvalue weighted by atomic mass is 16.2. The summed E-state index contributed by atoms with van der Waals surface area (Å²) in [4.78, 5) is 19.3. The molecule has 1 aliphatic heterocycles. The van der Waals surface area contributed by atoms with Crippen LogP contribution in [0.15, 0.2) is 30.0 Å². The van der Waals surface area contributed by atoms with E-state index in [0.717, 1.165) is 18.8 Å². The van der Waals surface area contributed by atoms with Crippen molar-refractivity contribution in [2.75, 3.05) is 23.3 Å². The Morgan fingerprint density at radius 1 is 1.30 bits per heavy atom. The lowest BCUT2D eigenvalue weighted by atomic mass is 10.1. The molecule has 1 aliphatic carbocycles. The van der Waals surface area contributed by atoms with Gasteiger partial charge in [-0.1, -0.05) is 25.5 Å². The van der Waals surface area contributed by atoms with E-state index in [9.17, 15) is 4.79 Å². The maximum absolute atomic E-state index is 12.5. The second-order valence-corrected chi connectivity index (χ2v) is 7.65. The summed E-state index contributed by atoms with van der Waals surface area (Å²) in [5.74, 6) is 1.10. The van der Waals surface area contributed by atoms with Crippen molar-refractivity contribution in [1.82, 2.24) is 4.98 Å². The summed E-state index contributed by atoms with van der Waals surface area (Å²) >= 11 is 0. The molecule has 0 spiro atoms. The molecule has 2 heterocycles. The van der Waals surface area contributed by atoms with Crippen LogP contribution >= 0.6 is 0 Å². The number of anilines is 2. The topological polar surface area (TPSA) is 45.2 Å². The fraction of sp³-hybridized carbons (Fsp3) is 0.579. The van der Waals surface area contributed by atoms with Crippen LogP contribution in [0.3, 0.4) is 0 Å². The van der Waals surface area contributed by atoms with Crippen LogP contribution in [0.5, 0.6) is 0 Å². The minimum Gasteiger partial charge on any atom is -0.370 e. The van der Waals surface area contributed by atoms with Crippen LogP contribution in [0.2, 0.25) is 0 Å². The Bertz CT molecular complexity index is 608. The summed E-state index contributed by atoms with van der Waals surface area (Å²) in [5.41, 5.74) is 2.46. The molecular formula is C19H27N3O. The fourth-order valence-electron chi connectivity index (χ4n) is 3.68. The van der Waals surface area contributed by atoms with E-state index in [0.29, 0.717) is 11.7 Å². The van der Waals surface area contributed by atoms with E-state index >= 15 is 0 Å². The van der Waals surface area contributed by atoms with Gasteiger partial charge in [0, 0.05) is 13.1 Å². The summed E-state index contributed by atoms with van der Waals surface area (Å²) < 4.78 is 0. The number of allylic oxidation sites excluding steroid dienone is 2. The van der Waals surface area contributed by atoms with Gasteiger partial charge in [0.25, 0.3) is 0 Å². The Labute approximate surface area is 139 Å². The molecule has 2 fully saturated rings. The summed E-state index contributed by atoms with van der Waals surface area (Å²) in [5, 5.41) is 2.98. The molecule has 0 unspecified atom stereocenters. The highest BCUT2D eigenvalue weighted by Gasteiger charge is 2.60. The molecule has 3 rings (SSSR count). The van der Waals surface area contributed by atoms with E-state index in [1.807, 2.05) is 12.3 Å². The van der Waals surface area contributed by atoms with Crippen molar-refractivity contribution in [2.24, 2.45) is 17.3 Å². The zero-order valence-corrected chi connectivity index (χ0v) is 14.6. The minimum atomic E-state index is 0.0385. The Morgan fingerprint density at radius 2 is 2.00 bits per heavy atom. The van der Waals surface area contributed by atoms with E-state index in [2.05, 4.69) is 55.0 Å². The van der Waals surface area contributed by atoms with Gasteiger partial charge in [-0.05, 0) is 50.2 Å². The van der Waals surface area contributed by atoms with E-state index in [-0.39, 0.29) is 17.2 Å². The third-order valence-corrected chi connectivity index (χ3v) is 5.18. The lowest BCUT2D eigenvalue weighted by Crippen LogP contribution is -2.19. The number of aromatic nitrogens is 1. The summed E-state index contributed by atoms with van der Waals surface area (Å²) in [7, 11) is 0. The third kappa shape index (κ3) is 3.26. The smallest absolute Gasteiger partial charge is 0.229 e. The normalized spacial score (nSPS) is 25.1.